The first-order valence-electron chi connectivity index (χ1n) is 9.14. The van der Waals surface area contributed by atoms with Crippen LogP contribution in [0.25, 0.3) is 0 Å². The first-order valence-corrected chi connectivity index (χ1v) is 11.0. The topological polar surface area (TPSA) is 78.5 Å². The monoisotopic (exact) mass is 417 g/mol. The first kappa shape index (κ1) is 20.4. The van der Waals surface area contributed by atoms with Gasteiger partial charge >= 0.3 is 0 Å². The minimum Gasteiger partial charge on any atom is -0.332 e. The standard InChI is InChI=1S/C20H23N3O3S2/c1-15-11-13-23(14-12-15)28(25,26)18-9-7-17(8-10-18)21-20(27)22-19(24)16-5-3-2-4-6-16/h2-10,15H,11-14H2,1H3,(H2,21,22,24,27). The molecule has 0 radical (unpaired) electrons. The molecule has 3 rings (SSSR count). The van der Waals surface area contributed by atoms with Crippen LogP contribution < -0.4 is 10.6 Å². The second kappa shape index (κ2) is 8.81. The van der Waals surface area contributed by atoms with Crippen molar-refractivity contribution in [3.8, 4) is 0 Å². The second-order valence-electron chi connectivity index (χ2n) is 6.89. The normalized spacial score (nSPS) is 15.8. The Balaban J connectivity index is 1.61. The predicted octanol–water partition coefficient (Wildman–Crippen LogP) is 3.23. The number of piperidine rings is 1. The highest BCUT2D eigenvalue weighted by atomic mass is 32.2. The molecule has 0 aromatic heterocycles. The summed E-state index contributed by atoms with van der Waals surface area (Å²) < 4.78 is 27.0. The van der Waals surface area contributed by atoms with Crippen LogP contribution in [0.15, 0.2) is 59.5 Å². The van der Waals surface area contributed by atoms with Crippen LogP contribution in [0.1, 0.15) is 30.1 Å². The van der Waals surface area contributed by atoms with Crippen molar-refractivity contribution in [1.82, 2.24) is 9.62 Å². The van der Waals surface area contributed by atoms with E-state index < -0.39 is 10.0 Å². The lowest BCUT2D eigenvalue weighted by Crippen LogP contribution is -2.37. The Morgan fingerprint density at radius 2 is 1.64 bits per heavy atom. The summed E-state index contributed by atoms with van der Waals surface area (Å²) in [6, 6.07) is 15.1. The molecule has 0 unspecified atom stereocenters. The quantitative estimate of drug-likeness (QED) is 0.747. The molecular formula is C20H23N3O3S2. The molecular weight excluding hydrogens is 394 g/mol. The molecule has 1 heterocycles. The Hall–Kier alpha value is -2.29. The van der Waals surface area contributed by atoms with Gasteiger partial charge in [-0.1, -0.05) is 25.1 Å². The molecule has 1 aliphatic rings. The van der Waals surface area contributed by atoms with Crippen LogP contribution in [-0.4, -0.2) is 36.8 Å². The Kier molecular flexibility index (Phi) is 6.43. The van der Waals surface area contributed by atoms with Crippen molar-refractivity contribution < 1.29 is 13.2 Å². The molecule has 0 spiro atoms. The Bertz CT molecular complexity index is 936. The number of thiocarbonyl (C=S) groups is 1. The van der Waals surface area contributed by atoms with Crippen LogP contribution >= 0.6 is 12.2 Å². The van der Waals surface area contributed by atoms with Crippen LogP contribution in [-0.2, 0) is 10.0 Å². The van der Waals surface area contributed by atoms with Crippen molar-refractivity contribution in [2.24, 2.45) is 5.92 Å². The van der Waals surface area contributed by atoms with Gasteiger partial charge in [0, 0.05) is 24.3 Å². The first-order chi connectivity index (χ1) is 13.4. The number of hydrogen-bond acceptors (Lipinski definition) is 4. The van der Waals surface area contributed by atoms with E-state index in [4.69, 9.17) is 12.2 Å². The van der Waals surface area contributed by atoms with Crippen molar-refractivity contribution in [3.63, 3.8) is 0 Å². The lowest BCUT2D eigenvalue weighted by atomic mass is 10.0. The average molecular weight is 418 g/mol. The van der Waals surface area contributed by atoms with E-state index in [1.807, 2.05) is 6.07 Å². The number of nitrogens with zero attached hydrogens (tertiary/aromatic N) is 1. The number of anilines is 1. The van der Waals surface area contributed by atoms with E-state index in [1.54, 1.807) is 52.8 Å². The van der Waals surface area contributed by atoms with Crippen molar-refractivity contribution in [2.45, 2.75) is 24.7 Å². The molecule has 148 valence electrons. The molecule has 0 atom stereocenters. The predicted molar refractivity (Wildman–Crippen MR) is 114 cm³/mol. The van der Waals surface area contributed by atoms with Crippen LogP contribution in [0.5, 0.6) is 0 Å². The lowest BCUT2D eigenvalue weighted by Gasteiger charge is -2.29. The van der Waals surface area contributed by atoms with Gasteiger partial charge in [-0.05, 0) is 67.4 Å². The Labute approximate surface area is 171 Å². The summed E-state index contributed by atoms with van der Waals surface area (Å²) in [6.07, 6.45) is 1.77. The lowest BCUT2D eigenvalue weighted by molar-refractivity contribution is 0.0977. The third-order valence-electron chi connectivity index (χ3n) is 4.76. The van der Waals surface area contributed by atoms with Crippen LogP contribution in [0, 0.1) is 5.92 Å². The zero-order chi connectivity index (χ0) is 20.1. The van der Waals surface area contributed by atoms with Crippen LogP contribution in [0.2, 0.25) is 0 Å². The summed E-state index contributed by atoms with van der Waals surface area (Å²) in [5.41, 5.74) is 1.11. The molecule has 1 saturated heterocycles. The van der Waals surface area contributed by atoms with Crippen molar-refractivity contribution in [2.75, 3.05) is 18.4 Å². The maximum atomic E-state index is 12.8. The average Bonchev–Trinajstić information content (AvgIpc) is 2.69. The molecule has 2 aromatic rings. The van der Waals surface area contributed by atoms with E-state index in [0.29, 0.717) is 30.3 Å². The smallest absolute Gasteiger partial charge is 0.257 e. The molecule has 28 heavy (non-hydrogen) atoms. The number of carbonyl (C=O) groups is 1. The van der Waals surface area contributed by atoms with Gasteiger partial charge in [0.25, 0.3) is 5.91 Å². The molecule has 0 aliphatic carbocycles. The molecule has 1 aliphatic heterocycles. The van der Waals surface area contributed by atoms with Gasteiger partial charge in [-0.25, -0.2) is 8.42 Å². The fourth-order valence-corrected chi connectivity index (χ4v) is 4.69. The van der Waals surface area contributed by atoms with Crippen molar-refractivity contribution in [3.05, 3.63) is 60.2 Å². The van der Waals surface area contributed by atoms with E-state index in [9.17, 15) is 13.2 Å². The van der Waals surface area contributed by atoms with Gasteiger partial charge < -0.3 is 5.32 Å². The molecule has 1 amide bonds. The van der Waals surface area contributed by atoms with Gasteiger partial charge in [-0.2, -0.15) is 4.31 Å². The minimum atomic E-state index is -3.48. The summed E-state index contributed by atoms with van der Waals surface area (Å²) in [7, 11) is -3.48. The maximum absolute atomic E-state index is 12.8. The molecule has 6 nitrogen and oxygen atoms in total. The van der Waals surface area contributed by atoms with Gasteiger partial charge in [-0.15, -0.1) is 0 Å². The SMILES string of the molecule is CC1CCN(S(=O)(=O)c2ccc(NC(=S)NC(=O)c3ccccc3)cc2)CC1. The van der Waals surface area contributed by atoms with Crippen LogP contribution in [0.4, 0.5) is 5.69 Å². The van der Waals surface area contributed by atoms with Crippen molar-refractivity contribution in [1.29, 1.82) is 0 Å². The molecule has 2 aromatic carbocycles. The third kappa shape index (κ3) is 4.95. The van der Waals surface area contributed by atoms with E-state index in [0.717, 1.165) is 12.8 Å². The number of sulfonamides is 1. The van der Waals surface area contributed by atoms with E-state index >= 15 is 0 Å². The van der Waals surface area contributed by atoms with Gasteiger partial charge in [-0.3, -0.25) is 10.1 Å². The molecule has 2 N–H and O–H groups in total. The van der Waals surface area contributed by atoms with Gasteiger partial charge in [0.15, 0.2) is 5.11 Å². The summed E-state index contributed by atoms with van der Waals surface area (Å²) in [5.74, 6) is 0.252. The van der Waals surface area contributed by atoms with Gasteiger partial charge in [0.05, 0.1) is 4.90 Å². The van der Waals surface area contributed by atoms with E-state index in [1.165, 1.54) is 0 Å². The number of benzene rings is 2. The Morgan fingerprint density at radius 3 is 2.25 bits per heavy atom. The highest BCUT2D eigenvalue weighted by Gasteiger charge is 2.27. The maximum Gasteiger partial charge on any atom is 0.257 e. The fraction of sp³-hybridized carbons (Fsp3) is 0.300. The summed E-state index contributed by atoms with van der Waals surface area (Å²) in [5, 5.41) is 5.65. The zero-order valence-electron chi connectivity index (χ0n) is 15.6. The second-order valence-corrected chi connectivity index (χ2v) is 9.23. The summed E-state index contributed by atoms with van der Waals surface area (Å²) in [6.45, 7) is 3.25. The highest BCUT2D eigenvalue weighted by molar-refractivity contribution is 7.89. The van der Waals surface area contributed by atoms with E-state index in [2.05, 4.69) is 17.6 Å². The number of rotatable bonds is 4. The van der Waals surface area contributed by atoms with Gasteiger partial charge in [0.2, 0.25) is 10.0 Å². The molecule has 8 heteroatoms. The molecule has 1 fully saturated rings. The fourth-order valence-electron chi connectivity index (χ4n) is 3.01. The largest absolute Gasteiger partial charge is 0.332 e. The van der Waals surface area contributed by atoms with Crippen LogP contribution in [0.3, 0.4) is 0 Å². The zero-order valence-corrected chi connectivity index (χ0v) is 17.2. The summed E-state index contributed by atoms with van der Waals surface area (Å²) >= 11 is 5.16. The molecule has 0 saturated carbocycles. The third-order valence-corrected chi connectivity index (χ3v) is 6.87. The Morgan fingerprint density at radius 1 is 1.04 bits per heavy atom. The number of amides is 1. The number of nitrogens with one attached hydrogen (secondary N) is 2. The summed E-state index contributed by atoms with van der Waals surface area (Å²) in [4.78, 5) is 12.4. The minimum absolute atomic E-state index is 0.148. The molecule has 0 bridgehead atoms. The van der Waals surface area contributed by atoms with Gasteiger partial charge in [0.1, 0.15) is 0 Å². The highest BCUT2D eigenvalue weighted by Crippen LogP contribution is 2.24. The van der Waals surface area contributed by atoms with E-state index in [-0.39, 0.29) is 15.9 Å². The van der Waals surface area contributed by atoms with Crippen molar-refractivity contribution >= 4 is 38.9 Å². The number of carbonyl (C=O) groups excluding carboxylic acids is 1. The number of hydrogen-bond donors (Lipinski definition) is 2.